The van der Waals surface area contributed by atoms with E-state index in [9.17, 15) is 17.7 Å². The number of ether oxygens (including phenoxy) is 1. The van der Waals surface area contributed by atoms with Gasteiger partial charge in [0.05, 0.1) is 0 Å². The zero-order chi connectivity index (χ0) is 13.4. The van der Waals surface area contributed by atoms with Crippen molar-refractivity contribution in [1.82, 2.24) is 9.78 Å². The van der Waals surface area contributed by atoms with Gasteiger partial charge in [-0.1, -0.05) is 0 Å². The number of nitrogens with zero attached hydrogens (tertiary/aromatic N) is 2. The second kappa shape index (κ2) is 6.08. The fourth-order valence-corrected chi connectivity index (χ4v) is 1.22. The predicted octanol–water partition coefficient (Wildman–Crippen LogP) is -1.57. The Bertz CT molecular complexity index is 440. The molecule has 0 atom stereocenters. The molecule has 0 aliphatic rings. The van der Waals surface area contributed by atoms with Crippen molar-refractivity contribution in [2.24, 2.45) is 7.05 Å². The van der Waals surface area contributed by atoms with Crippen molar-refractivity contribution >= 4 is 18.5 Å². The van der Waals surface area contributed by atoms with Crippen LogP contribution in [0.1, 0.15) is 31.3 Å². The molecule has 0 bridgehead atoms. The number of hydrogen-bond acceptors (Lipinski definition) is 3. The van der Waals surface area contributed by atoms with Gasteiger partial charge in [-0.15, -0.1) is 0 Å². The van der Waals surface area contributed by atoms with Gasteiger partial charge in [0.15, 0.2) is 5.69 Å². The predicted molar refractivity (Wildman–Crippen MR) is 57.1 cm³/mol. The molecule has 1 rings (SSSR count). The van der Waals surface area contributed by atoms with Gasteiger partial charge in [-0.3, -0.25) is 0 Å². The molecule has 0 aliphatic carbocycles. The van der Waals surface area contributed by atoms with E-state index in [1.165, 1.54) is 0 Å². The van der Waals surface area contributed by atoms with Gasteiger partial charge in [0, 0.05) is 7.05 Å². The summed E-state index contributed by atoms with van der Waals surface area (Å²) < 4.78 is 43.1. The van der Waals surface area contributed by atoms with Crippen molar-refractivity contribution in [1.29, 1.82) is 0 Å². The zero-order valence-electron chi connectivity index (χ0n) is 11.0. The van der Waals surface area contributed by atoms with Crippen LogP contribution in [-0.4, -0.2) is 28.3 Å². The second-order valence-electron chi connectivity index (χ2n) is 4.65. The summed E-state index contributed by atoms with van der Waals surface area (Å²) in [5.74, 6) is -0.862. The molecule has 0 N–H and O–H groups in total. The quantitative estimate of drug-likeness (QED) is 0.488. The van der Waals surface area contributed by atoms with Gasteiger partial charge in [-0.25, -0.2) is 4.79 Å². The summed E-state index contributed by atoms with van der Waals surface area (Å²) in [6.07, 6.45) is 0. The average Bonchev–Trinajstić information content (AvgIpc) is 2.42. The normalized spacial score (nSPS) is 11.9. The number of aryl methyl sites for hydroxylation is 1. The SMILES string of the molecule is Cn1nc(C(=O)OC(C)(C)C)cc1[B-](F)(F)F.[K+]. The van der Waals surface area contributed by atoms with Crippen LogP contribution < -0.4 is 57.0 Å². The number of carbonyl (C=O) groups excluding carboxylic acids is 1. The first kappa shape index (κ1) is 18.2. The molecular weight excluding hydrogens is 275 g/mol. The molecule has 1 aromatic rings. The summed E-state index contributed by atoms with van der Waals surface area (Å²) >= 11 is 0. The molecule has 0 unspecified atom stereocenters. The largest absolute Gasteiger partial charge is 1.00 e. The van der Waals surface area contributed by atoms with E-state index >= 15 is 0 Å². The smallest absolute Gasteiger partial charge is 0.455 e. The first-order chi connectivity index (χ1) is 7.50. The first-order valence-corrected chi connectivity index (χ1v) is 4.98. The number of aromatic nitrogens is 2. The molecular formula is C9H13BF3KN2O2. The molecule has 0 spiro atoms. The molecule has 0 radical (unpaired) electrons. The molecule has 0 aliphatic heterocycles. The Balaban J connectivity index is 0.00000289. The Hall–Kier alpha value is 0.171. The van der Waals surface area contributed by atoms with E-state index in [1.807, 2.05) is 0 Å². The topological polar surface area (TPSA) is 44.1 Å². The van der Waals surface area contributed by atoms with E-state index in [0.717, 1.165) is 7.05 Å². The van der Waals surface area contributed by atoms with Gasteiger partial charge >= 0.3 is 64.3 Å². The molecule has 9 heteroatoms. The van der Waals surface area contributed by atoms with Gasteiger partial charge in [0.2, 0.25) is 0 Å². The third kappa shape index (κ3) is 5.04. The second-order valence-corrected chi connectivity index (χ2v) is 4.65. The molecule has 4 nitrogen and oxygen atoms in total. The van der Waals surface area contributed by atoms with E-state index in [4.69, 9.17) is 4.74 Å². The summed E-state index contributed by atoms with van der Waals surface area (Å²) in [5, 5.41) is 3.50. The Labute approximate surface area is 146 Å². The van der Waals surface area contributed by atoms with Crippen molar-refractivity contribution in [2.75, 3.05) is 0 Å². The standard InChI is InChI=1S/C9H13BF3N2O2.K/c1-9(2,3)17-8(16)6-5-7(10(11,12)13)15(4)14-6;/h5H,1-4H3;/q-1;+1. The number of halogens is 3. The van der Waals surface area contributed by atoms with Crippen LogP contribution in [0.4, 0.5) is 12.9 Å². The van der Waals surface area contributed by atoms with Gasteiger partial charge in [-0.05, 0) is 32.4 Å². The Morgan fingerprint density at radius 3 is 2.22 bits per heavy atom. The van der Waals surface area contributed by atoms with Crippen LogP contribution in [0, 0.1) is 0 Å². The summed E-state index contributed by atoms with van der Waals surface area (Å²) in [4.78, 5) is 11.5. The van der Waals surface area contributed by atoms with Crippen LogP contribution in [0.15, 0.2) is 6.07 Å². The molecule has 0 amide bonds. The van der Waals surface area contributed by atoms with Crippen LogP contribution in [0.2, 0.25) is 0 Å². The van der Waals surface area contributed by atoms with Crippen LogP contribution in [0.3, 0.4) is 0 Å². The monoisotopic (exact) mass is 288 g/mol. The summed E-state index contributed by atoms with van der Waals surface area (Å²) in [5.41, 5.74) is -2.03. The van der Waals surface area contributed by atoms with Crippen molar-refractivity contribution in [3.8, 4) is 0 Å². The van der Waals surface area contributed by atoms with Gasteiger partial charge in [0.1, 0.15) is 5.60 Å². The third-order valence-corrected chi connectivity index (χ3v) is 1.86. The fourth-order valence-electron chi connectivity index (χ4n) is 1.22. The maximum atomic E-state index is 12.5. The van der Waals surface area contributed by atoms with Crippen LogP contribution >= 0.6 is 0 Å². The van der Waals surface area contributed by atoms with Crippen LogP contribution in [0.25, 0.3) is 0 Å². The fraction of sp³-hybridized carbons (Fsp3) is 0.556. The molecule has 0 fully saturated rings. The van der Waals surface area contributed by atoms with Gasteiger partial charge in [-0.2, -0.15) is 5.10 Å². The first-order valence-electron chi connectivity index (χ1n) is 4.98. The minimum Gasteiger partial charge on any atom is -0.455 e. The Morgan fingerprint density at radius 2 is 1.89 bits per heavy atom. The number of carbonyl (C=O) groups is 1. The zero-order valence-corrected chi connectivity index (χ0v) is 14.1. The Morgan fingerprint density at radius 1 is 1.39 bits per heavy atom. The number of rotatable bonds is 2. The summed E-state index contributed by atoms with van der Waals surface area (Å²) in [6.45, 7) is -0.301. The minimum absolute atomic E-state index is 0. The number of hydrogen-bond donors (Lipinski definition) is 0. The van der Waals surface area contributed by atoms with E-state index in [0.29, 0.717) is 10.7 Å². The van der Waals surface area contributed by atoms with Crippen LogP contribution in [-0.2, 0) is 11.8 Å². The molecule has 96 valence electrons. The van der Waals surface area contributed by atoms with Crippen molar-refractivity contribution in [2.45, 2.75) is 26.4 Å². The third-order valence-electron chi connectivity index (χ3n) is 1.86. The van der Waals surface area contributed by atoms with Crippen molar-refractivity contribution in [3.63, 3.8) is 0 Å². The van der Waals surface area contributed by atoms with Crippen LogP contribution in [0.5, 0.6) is 0 Å². The van der Waals surface area contributed by atoms with E-state index in [2.05, 4.69) is 5.10 Å². The maximum Gasteiger partial charge on any atom is 1.00 e. The Kier molecular flexibility index (Phi) is 6.14. The van der Waals surface area contributed by atoms with E-state index in [1.54, 1.807) is 20.8 Å². The maximum absolute atomic E-state index is 12.5. The van der Waals surface area contributed by atoms with Gasteiger partial charge < -0.3 is 22.4 Å². The number of esters is 1. The molecule has 18 heavy (non-hydrogen) atoms. The molecule has 1 heterocycles. The van der Waals surface area contributed by atoms with Crippen molar-refractivity contribution in [3.05, 3.63) is 11.8 Å². The minimum atomic E-state index is -5.18. The van der Waals surface area contributed by atoms with Crippen molar-refractivity contribution < 1.29 is 73.9 Å². The molecule has 0 aromatic carbocycles. The van der Waals surface area contributed by atoms with Gasteiger partial charge in [0.25, 0.3) is 0 Å². The van der Waals surface area contributed by atoms with E-state index < -0.39 is 24.1 Å². The molecule has 0 saturated carbocycles. The average molecular weight is 288 g/mol. The molecule has 1 aromatic heterocycles. The molecule has 0 saturated heterocycles. The summed E-state index contributed by atoms with van der Waals surface area (Å²) in [6, 6.07) is 0.702. The van der Waals surface area contributed by atoms with E-state index in [-0.39, 0.29) is 57.1 Å². The summed E-state index contributed by atoms with van der Waals surface area (Å²) in [7, 11) is 1.14.